The lowest BCUT2D eigenvalue weighted by atomic mass is 9.47. The van der Waals surface area contributed by atoms with Crippen LogP contribution in [0.15, 0.2) is 28.7 Å². The number of anilines is 1. The number of fused-ring (bicyclic) bond motifs is 1. The van der Waals surface area contributed by atoms with Crippen LogP contribution in [-0.2, 0) is 16.1 Å². The maximum absolute atomic E-state index is 12.1. The second kappa shape index (κ2) is 6.03. The molecule has 1 aromatic rings. The fourth-order valence-electron chi connectivity index (χ4n) is 3.41. The van der Waals surface area contributed by atoms with Gasteiger partial charge in [0.1, 0.15) is 11.9 Å². The summed E-state index contributed by atoms with van der Waals surface area (Å²) < 4.78 is 7.23. The summed E-state index contributed by atoms with van der Waals surface area (Å²) in [5.41, 5.74) is 5.61. The number of nitrogens with zero attached hydrogens (tertiary/aromatic N) is 2. The fraction of sp³-hybridized carbons (Fsp3) is 0.562. The monoisotopic (exact) mass is 335 g/mol. The molecule has 3 atom stereocenters. The van der Waals surface area contributed by atoms with Gasteiger partial charge in [-0.25, -0.2) is 0 Å². The second-order valence-electron chi connectivity index (χ2n) is 6.45. The van der Waals surface area contributed by atoms with E-state index in [0.29, 0.717) is 17.5 Å². The number of nitrogens with two attached hydrogens (primary N) is 1. The quantitative estimate of drug-likeness (QED) is 0.369. The molecule has 2 aliphatic rings. The van der Waals surface area contributed by atoms with Crippen molar-refractivity contribution >= 4 is 23.5 Å². The summed E-state index contributed by atoms with van der Waals surface area (Å²) in [6.07, 6.45) is 5.07. The number of esters is 1. The van der Waals surface area contributed by atoms with E-state index >= 15 is 0 Å². The van der Waals surface area contributed by atoms with E-state index < -0.39 is 5.56 Å². The Bertz CT molecular complexity index is 702. The summed E-state index contributed by atoms with van der Waals surface area (Å²) in [5.74, 6) is 0.879. The number of thioether (sulfide) groups is 1. The molecule has 1 aromatic heterocycles. The molecular formula is C16H21N3O3S. The third kappa shape index (κ3) is 2.89. The lowest BCUT2D eigenvalue weighted by Gasteiger charge is -2.61. The highest BCUT2D eigenvalue weighted by Gasteiger charge is 2.59. The van der Waals surface area contributed by atoms with Gasteiger partial charge in [0.25, 0.3) is 5.56 Å². The summed E-state index contributed by atoms with van der Waals surface area (Å²) >= 11 is 1.17. The highest BCUT2D eigenvalue weighted by molar-refractivity contribution is 7.99. The summed E-state index contributed by atoms with van der Waals surface area (Å²) in [6, 6.07) is 1.26. The molecule has 0 saturated heterocycles. The first kappa shape index (κ1) is 16.1. The van der Waals surface area contributed by atoms with Crippen molar-refractivity contribution in [2.24, 2.45) is 11.3 Å². The number of nitrogen functional groups attached to an aromatic ring is 1. The van der Waals surface area contributed by atoms with Gasteiger partial charge in [0.05, 0.1) is 5.75 Å². The second-order valence-corrected chi connectivity index (χ2v) is 7.39. The average molecular weight is 335 g/mol. The number of hydrogen-bond donors (Lipinski definition) is 1. The molecule has 3 unspecified atom stereocenters. The zero-order valence-corrected chi connectivity index (χ0v) is 14.0. The molecule has 2 saturated carbocycles. The Hall–Kier alpha value is -1.76. The Labute approximate surface area is 139 Å². The van der Waals surface area contributed by atoms with E-state index in [1.165, 1.54) is 24.2 Å². The Morgan fingerprint density at radius 1 is 1.70 bits per heavy atom. The molecule has 0 radical (unpaired) electrons. The van der Waals surface area contributed by atoms with Crippen molar-refractivity contribution < 1.29 is 9.53 Å². The normalized spacial score (nSPS) is 28.2. The molecule has 2 aliphatic carbocycles. The molecule has 3 rings (SSSR count). The van der Waals surface area contributed by atoms with E-state index in [9.17, 15) is 9.59 Å². The Morgan fingerprint density at radius 3 is 3.04 bits per heavy atom. The van der Waals surface area contributed by atoms with Crippen LogP contribution in [-0.4, -0.2) is 27.4 Å². The number of carbonyl (C=O) groups excluding carboxylic acids is 1. The molecule has 0 amide bonds. The minimum absolute atomic E-state index is 0.0403. The summed E-state index contributed by atoms with van der Waals surface area (Å²) in [6.45, 7) is 6.28. The fourth-order valence-corrected chi connectivity index (χ4v) is 4.21. The highest BCUT2D eigenvalue weighted by Crippen LogP contribution is 2.61. The van der Waals surface area contributed by atoms with E-state index in [0.717, 1.165) is 18.8 Å². The average Bonchev–Trinajstić information content (AvgIpc) is 2.50. The van der Waals surface area contributed by atoms with Crippen molar-refractivity contribution in [1.29, 1.82) is 0 Å². The van der Waals surface area contributed by atoms with Gasteiger partial charge in [-0.1, -0.05) is 24.8 Å². The van der Waals surface area contributed by atoms with Gasteiger partial charge >= 0.3 is 5.97 Å². The van der Waals surface area contributed by atoms with Crippen LogP contribution in [0.2, 0.25) is 0 Å². The minimum Gasteiger partial charge on any atom is -0.461 e. The number of aromatic nitrogens is 2. The van der Waals surface area contributed by atoms with Crippen molar-refractivity contribution in [2.75, 3.05) is 11.5 Å². The SMILES string of the molecule is C=CCn1c(N)cc(=O)nc1SCC(=O)OC1CC2CCC21C. The molecule has 6 nitrogen and oxygen atoms in total. The number of carbonyl (C=O) groups is 1. The van der Waals surface area contributed by atoms with Crippen molar-refractivity contribution in [1.82, 2.24) is 9.55 Å². The summed E-state index contributed by atoms with van der Waals surface area (Å²) in [4.78, 5) is 27.5. The molecule has 7 heteroatoms. The van der Waals surface area contributed by atoms with Gasteiger partial charge in [-0.05, 0) is 25.2 Å². The first-order valence-corrected chi connectivity index (χ1v) is 8.73. The smallest absolute Gasteiger partial charge is 0.316 e. The molecule has 1 heterocycles. The van der Waals surface area contributed by atoms with Gasteiger partial charge in [-0.3, -0.25) is 9.59 Å². The minimum atomic E-state index is -0.414. The van der Waals surface area contributed by atoms with Crippen molar-refractivity contribution in [3.8, 4) is 0 Å². The molecular weight excluding hydrogens is 314 g/mol. The van der Waals surface area contributed by atoms with Crippen LogP contribution in [0.3, 0.4) is 0 Å². The molecule has 0 aliphatic heterocycles. The van der Waals surface area contributed by atoms with Gasteiger partial charge in [-0.2, -0.15) is 4.98 Å². The number of ether oxygens (including phenoxy) is 1. The van der Waals surface area contributed by atoms with E-state index in [2.05, 4.69) is 18.5 Å². The van der Waals surface area contributed by atoms with Gasteiger partial charge < -0.3 is 15.0 Å². The number of allylic oxidation sites excluding steroid dienone is 1. The van der Waals surface area contributed by atoms with Crippen LogP contribution in [0.4, 0.5) is 5.82 Å². The van der Waals surface area contributed by atoms with Crippen LogP contribution in [0.5, 0.6) is 0 Å². The third-order valence-corrected chi connectivity index (χ3v) is 6.07. The predicted octanol–water partition coefficient (Wildman–Crippen LogP) is 1.84. The standard InChI is InChI=1S/C16H21N3O3S/c1-3-6-19-12(17)8-13(20)18-15(19)23-9-14(21)22-11-7-10-4-5-16(10,11)2/h3,8,10-11H,1,4-7,9,17H2,2H3. The van der Waals surface area contributed by atoms with Gasteiger partial charge in [0.15, 0.2) is 5.16 Å². The Balaban J connectivity index is 1.60. The van der Waals surface area contributed by atoms with Crippen molar-refractivity contribution in [3.63, 3.8) is 0 Å². The van der Waals surface area contributed by atoms with Gasteiger partial charge in [0, 0.05) is 18.0 Å². The first-order chi connectivity index (χ1) is 10.9. The number of hydrogen-bond acceptors (Lipinski definition) is 6. The molecule has 2 N–H and O–H groups in total. The van der Waals surface area contributed by atoms with Crippen LogP contribution in [0, 0.1) is 11.3 Å². The number of rotatable bonds is 6. The largest absolute Gasteiger partial charge is 0.461 e. The van der Waals surface area contributed by atoms with Crippen LogP contribution < -0.4 is 11.3 Å². The van der Waals surface area contributed by atoms with Crippen molar-refractivity contribution in [3.05, 3.63) is 29.1 Å². The zero-order chi connectivity index (χ0) is 16.6. The van der Waals surface area contributed by atoms with E-state index in [1.807, 2.05) is 0 Å². The predicted molar refractivity (Wildman–Crippen MR) is 89.2 cm³/mol. The van der Waals surface area contributed by atoms with Gasteiger partial charge in [0.2, 0.25) is 0 Å². The zero-order valence-electron chi connectivity index (χ0n) is 13.2. The van der Waals surface area contributed by atoms with Crippen molar-refractivity contribution in [2.45, 2.75) is 44.0 Å². The Kier molecular flexibility index (Phi) is 4.23. The molecule has 0 bridgehead atoms. The van der Waals surface area contributed by atoms with E-state index in [-0.39, 0.29) is 23.2 Å². The highest BCUT2D eigenvalue weighted by atomic mass is 32.2. The Morgan fingerprint density at radius 2 is 2.48 bits per heavy atom. The molecule has 2 fully saturated rings. The van der Waals surface area contributed by atoms with Crippen LogP contribution in [0.25, 0.3) is 0 Å². The lowest BCUT2D eigenvalue weighted by molar-refractivity contribution is -0.205. The molecule has 0 aromatic carbocycles. The first-order valence-electron chi connectivity index (χ1n) is 7.74. The molecule has 0 spiro atoms. The van der Waals surface area contributed by atoms with E-state index in [4.69, 9.17) is 10.5 Å². The lowest BCUT2D eigenvalue weighted by Crippen LogP contribution is -2.59. The van der Waals surface area contributed by atoms with Gasteiger partial charge in [-0.15, -0.1) is 6.58 Å². The third-order valence-electron chi connectivity index (χ3n) is 5.12. The van der Waals surface area contributed by atoms with E-state index in [1.54, 1.807) is 10.6 Å². The maximum Gasteiger partial charge on any atom is 0.316 e. The molecule has 23 heavy (non-hydrogen) atoms. The maximum atomic E-state index is 12.1. The van der Waals surface area contributed by atoms with Crippen LogP contribution in [0.1, 0.15) is 26.2 Å². The summed E-state index contributed by atoms with van der Waals surface area (Å²) in [7, 11) is 0. The molecule has 124 valence electrons. The summed E-state index contributed by atoms with van der Waals surface area (Å²) in [5, 5.41) is 0.410. The topological polar surface area (TPSA) is 87.2 Å². The van der Waals surface area contributed by atoms with Crippen LogP contribution >= 0.6 is 11.8 Å².